The van der Waals surface area contributed by atoms with Crippen LogP contribution in [0.3, 0.4) is 0 Å². The minimum atomic E-state index is -0.573. The van der Waals surface area contributed by atoms with E-state index in [2.05, 4.69) is 16.0 Å². The number of carbonyl (C=O) groups is 2. The van der Waals surface area contributed by atoms with Gasteiger partial charge in [-0.25, -0.2) is 9.18 Å². The van der Waals surface area contributed by atoms with Crippen LogP contribution in [0.5, 0.6) is 0 Å². The second-order valence-electron chi connectivity index (χ2n) is 5.75. The first-order valence-corrected chi connectivity index (χ1v) is 8.86. The standard InChI is InChI=1S/C20H14Cl2FN3O2/c21-13-4-2-6-15(10-13)26-20(28)25-14-5-1-3-12(9-14)19(27)24-16-7-8-18(23)17(22)11-16/h1-11H,(H,24,27)(H2,25,26,28). The van der Waals surface area contributed by atoms with Crippen molar-refractivity contribution in [3.63, 3.8) is 0 Å². The van der Waals surface area contributed by atoms with Gasteiger partial charge in [0, 0.05) is 27.6 Å². The van der Waals surface area contributed by atoms with Crippen LogP contribution in [0.15, 0.2) is 66.7 Å². The SMILES string of the molecule is O=C(Nc1cccc(Cl)c1)Nc1cccc(C(=O)Nc2ccc(F)c(Cl)c2)c1. The number of hydrogen-bond acceptors (Lipinski definition) is 2. The Hall–Kier alpha value is -3.09. The van der Waals surface area contributed by atoms with Gasteiger partial charge in [0.15, 0.2) is 0 Å². The van der Waals surface area contributed by atoms with Gasteiger partial charge in [0.25, 0.3) is 5.91 Å². The molecule has 142 valence electrons. The Bertz CT molecular complexity index is 1040. The Balaban J connectivity index is 1.66. The number of anilines is 3. The summed E-state index contributed by atoms with van der Waals surface area (Å²) in [6.45, 7) is 0. The first-order chi connectivity index (χ1) is 13.4. The molecule has 3 rings (SSSR count). The highest BCUT2D eigenvalue weighted by Crippen LogP contribution is 2.21. The van der Waals surface area contributed by atoms with E-state index < -0.39 is 17.8 Å². The molecule has 3 N–H and O–H groups in total. The van der Waals surface area contributed by atoms with E-state index in [0.29, 0.717) is 27.6 Å². The van der Waals surface area contributed by atoms with Crippen LogP contribution in [0.2, 0.25) is 10.0 Å². The first-order valence-electron chi connectivity index (χ1n) is 8.11. The molecule has 3 aromatic carbocycles. The molecule has 5 nitrogen and oxygen atoms in total. The summed E-state index contributed by atoms with van der Waals surface area (Å²) in [5.74, 6) is -1.00. The van der Waals surface area contributed by atoms with Gasteiger partial charge < -0.3 is 16.0 Å². The fourth-order valence-corrected chi connectivity index (χ4v) is 2.75. The molecule has 0 heterocycles. The zero-order valence-corrected chi connectivity index (χ0v) is 15.8. The quantitative estimate of drug-likeness (QED) is 0.484. The molecule has 3 aromatic rings. The molecular weight excluding hydrogens is 404 g/mol. The minimum Gasteiger partial charge on any atom is -0.322 e. The maximum absolute atomic E-state index is 13.2. The number of benzene rings is 3. The molecule has 8 heteroatoms. The number of hydrogen-bond donors (Lipinski definition) is 3. The molecule has 0 aromatic heterocycles. The van der Waals surface area contributed by atoms with Gasteiger partial charge in [0.1, 0.15) is 5.82 Å². The second kappa shape index (κ2) is 8.73. The highest BCUT2D eigenvalue weighted by atomic mass is 35.5. The van der Waals surface area contributed by atoms with Gasteiger partial charge in [-0.05, 0) is 54.6 Å². The Morgan fingerprint density at radius 1 is 0.750 bits per heavy atom. The van der Waals surface area contributed by atoms with Crippen LogP contribution in [0.1, 0.15) is 10.4 Å². The molecule has 0 atom stereocenters. The van der Waals surface area contributed by atoms with Crippen molar-refractivity contribution in [1.82, 2.24) is 0 Å². The van der Waals surface area contributed by atoms with Gasteiger partial charge >= 0.3 is 6.03 Å². The monoisotopic (exact) mass is 417 g/mol. The summed E-state index contributed by atoms with van der Waals surface area (Å²) in [5.41, 5.74) is 1.62. The fourth-order valence-electron chi connectivity index (χ4n) is 2.38. The van der Waals surface area contributed by atoms with Crippen molar-refractivity contribution in [3.05, 3.63) is 88.2 Å². The van der Waals surface area contributed by atoms with E-state index >= 15 is 0 Å². The Morgan fingerprint density at radius 2 is 1.39 bits per heavy atom. The molecule has 28 heavy (non-hydrogen) atoms. The van der Waals surface area contributed by atoms with Crippen LogP contribution < -0.4 is 16.0 Å². The number of rotatable bonds is 4. The fraction of sp³-hybridized carbons (Fsp3) is 0. The molecule has 0 radical (unpaired) electrons. The normalized spacial score (nSPS) is 10.2. The molecule has 0 unspecified atom stereocenters. The van der Waals surface area contributed by atoms with Gasteiger partial charge in [-0.1, -0.05) is 35.3 Å². The van der Waals surface area contributed by atoms with Gasteiger partial charge in [-0.2, -0.15) is 0 Å². The summed E-state index contributed by atoms with van der Waals surface area (Å²) in [4.78, 5) is 24.5. The molecule has 0 aliphatic carbocycles. The third-order valence-electron chi connectivity index (χ3n) is 3.64. The van der Waals surface area contributed by atoms with Gasteiger partial charge in [0.2, 0.25) is 0 Å². The molecule has 3 amide bonds. The number of nitrogens with one attached hydrogen (secondary N) is 3. The van der Waals surface area contributed by atoms with Crippen LogP contribution in [0.4, 0.5) is 26.2 Å². The van der Waals surface area contributed by atoms with Crippen molar-refractivity contribution in [2.75, 3.05) is 16.0 Å². The average molecular weight is 418 g/mol. The summed E-state index contributed by atoms with van der Waals surface area (Å²) in [6.07, 6.45) is 0. The predicted molar refractivity (Wildman–Crippen MR) is 110 cm³/mol. The van der Waals surface area contributed by atoms with E-state index in [0.717, 1.165) is 6.07 Å². The molecule has 0 bridgehead atoms. The molecular formula is C20H14Cl2FN3O2. The van der Waals surface area contributed by atoms with Gasteiger partial charge in [-0.3, -0.25) is 4.79 Å². The van der Waals surface area contributed by atoms with Crippen LogP contribution >= 0.6 is 23.2 Å². The zero-order chi connectivity index (χ0) is 20.1. The van der Waals surface area contributed by atoms with Gasteiger partial charge in [0.05, 0.1) is 5.02 Å². The third-order valence-corrected chi connectivity index (χ3v) is 4.17. The van der Waals surface area contributed by atoms with Crippen LogP contribution in [0.25, 0.3) is 0 Å². The summed E-state index contributed by atoms with van der Waals surface area (Å²) in [5, 5.41) is 8.31. The van der Waals surface area contributed by atoms with Crippen LogP contribution in [0, 0.1) is 5.82 Å². The molecule has 0 saturated heterocycles. The molecule has 0 spiro atoms. The number of urea groups is 1. The lowest BCUT2D eigenvalue weighted by atomic mass is 10.2. The van der Waals surface area contributed by atoms with Gasteiger partial charge in [-0.15, -0.1) is 0 Å². The molecule has 0 fully saturated rings. The maximum atomic E-state index is 13.2. The second-order valence-corrected chi connectivity index (χ2v) is 6.60. The highest BCUT2D eigenvalue weighted by molar-refractivity contribution is 6.31. The maximum Gasteiger partial charge on any atom is 0.323 e. The van der Waals surface area contributed by atoms with Crippen molar-refractivity contribution in [1.29, 1.82) is 0 Å². The lowest BCUT2D eigenvalue weighted by Gasteiger charge is -2.10. The van der Waals surface area contributed by atoms with Crippen molar-refractivity contribution < 1.29 is 14.0 Å². The summed E-state index contributed by atoms with van der Waals surface area (Å²) < 4.78 is 13.2. The molecule has 0 aliphatic heterocycles. The zero-order valence-electron chi connectivity index (χ0n) is 14.3. The molecule has 0 saturated carbocycles. The first kappa shape index (κ1) is 19.7. The minimum absolute atomic E-state index is 0.0918. The smallest absolute Gasteiger partial charge is 0.322 e. The van der Waals surface area contributed by atoms with E-state index in [4.69, 9.17) is 23.2 Å². The topological polar surface area (TPSA) is 70.2 Å². The van der Waals surface area contributed by atoms with Crippen LogP contribution in [-0.2, 0) is 0 Å². The van der Waals surface area contributed by atoms with Crippen molar-refractivity contribution >= 4 is 52.2 Å². The number of amides is 3. The lowest BCUT2D eigenvalue weighted by Crippen LogP contribution is -2.20. The number of halogens is 3. The Labute approximate surface area is 170 Å². The third kappa shape index (κ3) is 5.22. The van der Waals surface area contributed by atoms with Crippen molar-refractivity contribution in [2.24, 2.45) is 0 Å². The van der Waals surface area contributed by atoms with E-state index in [1.807, 2.05) is 0 Å². The predicted octanol–water partition coefficient (Wildman–Crippen LogP) is 6.03. The van der Waals surface area contributed by atoms with Crippen LogP contribution in [-0.4, -0.2) is 11.9 Å². The summed E-state index contributed by atoms with van der Waals surface area (Å²) >= 11 is 11.6. The summed E-state index contributed by atoms with van der Waals surface area (Å²) in [6, 6.07) is 16.5. The van der Waals surface area contributed by atoms with E-state index in [-0.39, 0.29) is 5.02 Å². The van der Waals surface area contributed by atoms with E-state index in [1.54, 1.807) is 42.5 Å². The van der Waals surface area contributed by atoms with E-state index in [1.165, 1.54) is 18.2 Å². The Morgan fingerprint density at radius 3 is 2.07 bits per heavy atom. The van der Waals surface area contributed by atoms with Crippen molar-refractivity contribution in [3.8, 4) is 0 Å². The average Bonchev–Trinajstić information content (AvgIpc) is 2.65. The lowest BCUT2D eigenvalue weighted by molar-refractivity contribution is 0.102. The van der Waals surface area contributed by atoms with E-state index in [9.17, 15) is 14.0 Å². The largest absolute Gasteiger partial charge is 0.323 e. The van der Waals surface area contributed by atoms with Crippen molar-refractivity contribution in [2.45, 2.75) is 0 Å². The summed E-state index contributed by atoms with van der Waals surface area (Å²) in [7, 11) is 0. The number of carbonyl (C=O) groups excluding carboxylic acids is 2. The highest BCUT2D eigenvalue weighted by Gasteiger charge is 2.10. The Kier molecular flexibility index (Phi) is 6.13. The molecule has 0 aliphatic rings.